The topological polar surface area (TPSA) is 98.7 Å². The second-order valence-corrected chi connectivity index (χ2v) is 9.08. The largest absolute Gasteiger partial charge is 0.464 e. The van der Waals surface area contributed by atoms with E-state index in [1.165, 1.54) is 20.3 Å². The van der Waals surface area contributed by atoms with E-state index in [-0.39, 0.29) is 55.5 Å². The van der Waals surface area contributed by atoms with Gasteiger partial charge in [0.15, 0.2) is 42.5 Å². The molecule has 232 valence electrons. The van der Waals surface area contributed by atoms with Crippen molar-refractivity contribution in [1.29, 1.82) is 0 Å². The molecule has 0 saturated carbocycles. The third-order valence-corrected chi connectivity index (χ3v) is 6.21. The van der Waals surface area contributed by atoms with Gasteiger partial charge in [-0.15, -0.1) is 0 Å². The molecular weight excluding hydrogens is 636 g/mol. The van der Waals surface area contributed by atoms with E-state index in [1.807, 2.05) is 0 Å². The molecule has 0 aliphatic heterocycles. The zero-order valence-corrected chi connectivity index (χ0v) is 24.1. The summed E-state index contributed by atoms with van der Waals surface area (Å²) >= 11 is 3.19. The first-order valence-corrected chi connectivity index (χ1v) is 12.8. The minimum Gasteiger partial charge on any atom is -0.464 e. The third kappa shape index (κ3) is 8.01. The molecule has 4 aromatic rings. The van der Waals surface area contributed by atoms with Gasteiger partial charge in [-0.2, -0.15) is 17.6 Å². The number of aldehydes is 1. The molecule has 42 heavy (non-hydrogen) atoms. The zero-order chi connectivity index (χ0) is 30.1. The number of carbonyl (C=O) groups is 1. The number of carbonyl (C=O) groups excluding carboxylic acids is 1. The molecule has 2 heterocycles. The maximum absolute atomic E-state index is 14.0. The number of halogens is 5. The molecule has 0 bridgehead atoms. The van der Waals surface area contributed by atoms with Gasteiger partial charge in [0.25, 0.3) is 0 Å². The number of rotatable bonds is 13. The van der Waals surface area contributed by atoms with Crippen LogP contribution in [0, 0.1) is 37.1 Å². The molecule has 0 saturated heterocycles. The first-order valence-electron chi connectivity index (χ1n) is 12.0. The Morgan fingerprint density at radius 1 is 0.738 bits per heavy atom. The van der Waals surface area contributed by atoms with Crippen LogP contribution in [0.15, 0.2) is 25.4 Å². The number of fused-ring (bicyclic) bond motifs is 2. The van der Waals surface area contributed by atoms with E-state index >= 15 is 0 Å². The monoisotopic (exact) mass is 666 g/mol. The van der Waals surface area contributed by atoms with E-state index in [0.29, 0.717) is 47.5 Å². The summed E-state index contributed by atoms with van der Waals surface area (Å²) in [5.74, 6) is -4.57. The number of hydrogen-bond acceptors (Lipinski definition) is 9. The molecule has 9 nitrogen and oxygen atoms in total. The van der Waals surface area contributed by atoms with Gasteiger partial charge in [-0.25, -0.2) is 0 Å². The van der Waals surface area contributed by atoms with Crippen LogP contribution in [-0.4, -0.2) is 60.5 Å². The Balaban J connectivity index is 0.000000287. The number of benzene rings is 2. The van der Waals surface area contributed by atoms with Crippen molar-refractivity contribution in [2.24, 2.45) is 0 Å². The van der Waals surface area contributed by atoms with Crippen LogP contribution >= 0.6 is 15.9 Å². The van der Waals surface area contributed by atoms with Gasteiger partial charge in [0.05, 0.1) is 36.5 Å². The van der Waals surface area contributed by atoms with Gasteiger partial charge >= 0.3 is 0 Å². The number of hydrogen-bond donors (Lipinski definition) is 0. The summed E-state index contributed by atoms with van der Waals surface area (Å²) in [6.45, 7) is 3.93. The Hall–Kier alpha value is -3.17. The van der Waals surface area contributed by atoms with E-state index in [1.54, 1.807) is 19.9 Å². The summed E-state index contributed by atoms with van der Waals surface area (Å²) in [4.78, 5) is 11.2. The van der Waals surface area contributed by atoms with Gasteiger partial charge in [0, 0.05) is 25.0 Å². The van der Waals surface area contributed by atoms with Gasteiger partial charge in [-0.1, -0.05) is 7.43 Å². The van der Waals surface area contributed by atoms with Crippen molar-refractivity contribution in [3.63, 3.8) is 0 Å². The molecule has 0 spiro atoms. The summed E-state index contributed by atoms with van der Waals surface area (Å²) < 4.78 is 95.9. The molecule has 4 rings (SSSR count). The maximum Gasteiger partial charge on any atom is 0.205 e. The van der Waals surface area contributed by atoms with Crippen molar-refractivity contribution in [2.75, 3.05) is 54.2 Å². The molecular formula is C28H31BrF4O9. The molecule has 14 heteroatoms. The maximum atomic E-state index is 14.0. The molecule has 0 aliphatic carbocycles. The second-order valence-electron chi connectivity index (χ2n) is 8.29. The fraction of sp³-hybridized carbons (Fsp3) is 0.393. The van der Waals surface area contributed by atoms with Crippen molar-refractivity contribution in [1.82, 2.24) is 0 Å². The highest BCUT2D eigenvalue weighted by atomic mass is 79.9. The van der Waals surface area contributed by atoms with Crippen molar-refractivity contribution in [3.05, 3.63) is 57.0 Å². The van der Waals surface area contributed by atoms with Crippen molar-refractivity contribution >= 4 is 44.2 Å². The number of furan rings is 2. The molecule has 0 unspecified atom stereocenters. The number of ether oxygens (including phenoxy) is 6. The SMILES string of the molecule is C.COCCOCOc1c(F)c(F)c2oc(C)cc2c1Br.COCCOCOc1c(F)c(F)c2oc(C)cc2c1C=O. The van der Waals surface area contributed by atoms with E-state index in [2.05, 4.69) is 15.9 Å². The highest BCUT2D eigenvalue weighted by Gasteiger charge is 2.24. The van der Waals surface area contributed by atoms with Crippen LogP contribution in [0.5, 0.6) is 11.5 Å². The van der Waals surface area contributed by atoms with Crippen molar-refractivity contribution < 1.29 is 59.6 Å². The molecule has 2 aromatic carbocycles. The van der Waals surface area contributed by atoms with E-state index < -0.39 is 29.0 Å². The van der Waals surface area contributed by atoms with Gasteiger partial charge in [-0.05, 0) is 41.9 Å². The molecule has 0 radical (unpaired) electrons. The van der Waals surface area contributed by atoms with Gasteiger partial charge in [-0.3, -0.25) is 4.79 Å². The first kappa shape index (κ1) is 35.0. The molecule has 2 aromatic heterocycles. The predicted molar refractivity (Wildman–Crippen MR) is 148 cm³/mol. The second kappa shape index (κ2) is 16.5. The molecule has 0 aliphatic rings. The lowest BCUT2D eigenvalue weighted by Gasteiger charge is -2.11. The average molecular weight is 667 g/mol. The van der Waals surface area contributed by atoms with Gasteiger partial charge in [0.1, 0.15) is 11.5 Å². The van der Waals surface area contributed by atoms with E-state index in [9.17, 15) is 22.4 Å². The highest BCUT2D eigenvalue weighted by molar-refractivity contribution is 9.10. The van der Waals surface area contributed by atoms with Crippen LogP contribution in [0.1, 0.15) is 29.3 Å². The standard InChI is InChI=1S/C14H14F2O5.C13H13BrF2O4.CH4/c1-8-5-9-10(6-17)13(20-7-19-4-3-18-2)11(15)12(16)14(9)21-8;1-7-5-8-9(14)13(19-6-18-4-3-17-2)11(16)10(15)12(8)20-7;/h5-6H,3-4,7H2,1-2H3;5H,3-4,6H2,1-2H3;1H4. The smallest absolute Gasteiger partial charge is 0.205 e. The van der Waals surface area contributed by atoms with Gasteiger partial charge < -0.3 is 37.3 Å². The fourth-order valence-electron chi connectivity index (χ4n) is 3.56. The minimum absolute atomic E-state index is 0. The van der Waals surface area contributed by atoms with Crippen LogP contribution in [0.25, 0.3) is 21.9 Å². The first-order chi connectivity index (χ1) is 19.7. The third-order valence-electron chi connectivity index (χ3n) is 5.42. The number of aryl methyl sites for hydroxylation is 2. The zero-order valence-electron chi connectivity index (χ0n) is 22.5. The van der Waals surface area contributed by atoms with Crippen LogP contribution in [0.4, 0.5) is 17.6 Å². The summed E-state index contributed by atoms with van der Waals surface area (Å²) in [5, 5.41) is 0.571. The molecule has 0 amide bonds. The summed E-state index contributed by atoms with van der Waals surface area (Å²) in [7, 11) is 3.03. The van der Waals surface area contributed by atoms with Crippen molar-refractivity contribution in [3.8, 4) is 11.5 Å². The predicted octanol–water partition coefficient (Wildman–Crippen LogP) is 7.25. The fourth-order valence-corrected chi connectivity index (χ4v) is 4.15. The lowest BCUT2D eigenvalue weighted by atomic mass is 10.1. The van der Waals surface area contributed by atoms with Crippen LogP contribution in [0.3, 0.4) is 0 Å². The van der Waals surface area contributed by atoms with Crippen LogP contribution in [-0.2, 0) is 18.9 Å². The lowest BCUT2D eigenvalue weighted by molar-refractivity contribution is -0.0106. The van der Waals surface area contributed by atoms with Crippen LogP contribution < -0.4 is 9.47 Å². The molecule has 0 fully saturated rings. The molecule has 0 N–H and O–H groups in total. The van der Waals surface area contributed by atoms with E-state index in [0.717, 1.165) is 0 Å². The summed E-state index contributed by atoms with van der Waals surface area (Å²) in [5.41, 5.74) is -0.560. The van der Waals surface area contributed by atoms with Gasteiger partial charge in [0.2, 0.25) is 23.3 Å². The van der Waals surface area contributed by atoms with Crippen LogP contribution in [0.2, 0.25) is 0 Å². The minimum atomic E-state index is -1.28. The molecule has 0 atom stereocenters. The summed E-state index contributed by atoms with van der Waals surface area (Å²) in [6.07, 6.45) is 0.393. The van der Waals surface area contributed by atoms with E-state index in [4.69, 9.17) is 37.3 Å². The summed E-state index contributed by atoms with van der Waals surface area (Å²) in [6, 6.07) is 3.04. The Bertz CT molecular complexity index is 1490. The average Bonchev–Trinajstić information content (AvgIpc) is 3.54. The normalized spacial score (nSPS) is 10.9. The Morgan fingerprint density at radius 3 is 1.69 bits per heavy atom. The highest BCUT2D eigenvalue weighted by Crippen LogP contribution is 2.39. The Labute approximate surface area is 247 Å². The number of methoxy groups -OCH3 is 2. The Kier molecular flexibility index (Phi) is 13.7. The lowest BCUT2D eigenvalue weighted by Crippen LogP contribution is -2.10. The van der Waals surface area contributed by atoms with Crippen molar-refractivity contribution in [2.45, 2.75) is 21.3 Å². The quantitative estimate of drug-likeness (QED) is 0.0480. The Morgan fingerprint density at radius 2 is 1.19 bits per heavy atom.